The Kier molecular flexibility index (Phi) is 8.26. The topological polar surface area (TPSA) is 157 Å². The van der Waals surface area contributed by atoms with E-state index in [2.05, 4.69) is 35.8 Å². The molecular formula is C22H21F6N7O5. The van der Waals surface area contributed by atoms with Crippen LogP contribution in [0, 0.1) is 0 Å². The van der Waals surface area contributed by atoms with Gasteiger partial charge in [0.1, 0.15) is 5.75 Å². The van der Waals surface area contributed by atoms with Gasteiger partial charge in [-0.2, -0.15) is 28.2 Å². The van der Waals surface area contributed by atoms with Crippen molar-refractivity contribution in [1.82, 2.24) is 35.8 Å². The highest BCUT2D eigenvalue weighted by molar-refractivity contribution is 5.90. The van der Waals surface area contributed by atoms with Gasteiger partial charge in [-0.05, 0) is 42.9 Å². The number of aromatic nitrogens is 5. The number of benzene rings is 1. The lowest BCUT2D eigenvalue weighted by Crippen LogP contribution is -2.36. The van der Waals surface area contributed by atoms with Gasteiger partial charge in [0.25, 0.3) is 0 Å². The molecule has 2 aliphatic rings. The third-order valence-electron chi connectivity index (χ3n) is 5.78. The van der Waals surface area contributed by atoms with Gasteiger partial charge < -0.3 is 24.9 Å². The molecule has 0 unspecified atom stereocenters. The molecule has 1 aliphatic heterocycles. The third kappa shape index (κ3) is 7.90. The van der Waals surface area contributed by atoms with Crippen LogP contribution in [-0.4, -0.2) is 73.3 Å². The van der Waals surface area contributed by atoms with E-state index in [0.29, 0.717) is 25.1 Å². The summed E-state index contributed by atoms with van der Waals surface area (Å²) < 4.78 is 79.2. The number of carbonyl (C=O) groups is 2. The maximum Gasteiger partial charge on any atom is 0.573 e. The highest BCUT2D eigenvalue weighted by Gasteiger charge is 2.38. The van der Waals surface area contributed by atoms with Gasteiger partial charge in [0, 0.05) is 24.2 Å². The Labute approximate surface area is 220 Å². The molecule has 1 aromatic carbocycles. The van der Waals surface area contributed by atoms with Crippen LogP contribution in [0.1, 0.15) is 41.4 Å². The van der Waals surface area contributed by atoms with Gasteiger partial charge >= 0.3 is 30.3 Å². The fourth-order valence-corrected chi connectivity index (χ4v) is 3.94. The standard InChI is InChI=1S/C20H20F3N7O3.C2HF3O2/c21-20(22,23)33-14-3-4-15(11-1-2-11)16(8-14)18-28-29-19(32-18)17(31)27-12-7-13(24-9-12)10-30-25-5-6-26-30;3-2(4,5)1(6)7/h3-6,8,11-13,24H,1-2,7,9-10H2,(H,27,31);(H,6,7)/t12-,13+;/m1./s1. The Hall–Kier alpha value is -4.22. The van der Waals surface area contributed by atoms with Crippen molar-refractivity contribution in [3.63, 3.8) is 0 Å². The highest BCUT2D eigenvalue weighted by atomic mass is 19.4. The largest absolute Gasteiger partial charge is 0.573 e. The number of nitrogens with zero attached hydrogens (tertiary/aromatic N) is 5. The molecule has 216 valence electrons. The van der Waals surface area contributed by atoms with E-state index >= 15 is 0 Å². The zero-order valence-electron chi connectivity index (χ0n) is 20.2. The van der Waals surface area contributed by atoms with E-state index in [-0.39, 0.29) is 35.5 Å². The van der Waals surface area contributed by atoms with Crippen LogP contribution in [0.25, 0.3) is 11.5 Å². The lowest BCUT2D eigenvalue weighted by atomic mass is 10.0. The Morgan fingerprint density at radius 1 is 1.12 bits per heavy atom. The number of ether oxygens (including phenoxy) is 1. The van der Waals surface area contributed by atoms with E-state index < -0.39 is 24.4 Å². The number of aliphatic carboxylic acids is 1. The number of carboxylic acid groups (broad SMARTS) is 1. The fraction of sp³-hybridized carbons (Fsp3) is 0.455. The minimum atomic E-state index is -5.08. The van der Waals surface area contributed by atoms with Crippen LogP contribution in [0.5, 0.6) is 5.75 Å². The first-order valence-electron chi connectivity index (χ1n) is 11.7. The molecule has 0 bridgehead atoms. The van der Waals surface area contributed by atoms with E-state index in [1.807, 2.05) is 0 Å². The molecule has 1 saturated carbocycles. The Morgan fingerprint density at radius 3 is 2.40 bits per heavy atom. The first kappa shape index (κ1) is 28.8. The Bertz CT molecular complexity index is 1320. The number of carboxylic acids is 1. The van der Waals surface area contributed by atoms with E-state index in [9.17, 15) is 31.1 Å². The first-order valence-corrected chi connectivity index (χ1v) is 11.7. The summed E-state index contributed by atoms with van der Waals surface area (Å²) in [7, 11) is 0. The van der Waals surface area contributed by atoms with Gasteiger partial charge in [0.2, 0.25) is 5.89 Å². The summed E-state index contributed by atoms with van der Waals surface area (Å²) in [6, 6.07) is 3.98. The van der Waals surface area contributed by atoms with Gasteiger partial charge in [-0.15, -0.1) is 23.4 Å². The smallest absolute Gasteiger partial charge is 0.475 e. The summed E-state index contributed by atoms with van der Waals surface area (Å²) in [5.74, 6) is -3.77. The molecule has 5 rings (SSSR count). The van der Waals surface area contributed by atoms with Crippen molar-refractivity contribution in [1.29, 1.82) is 0 Å². The maximum atomic E-state index is 12.6. The lowest BCUT2D eigenvalue weighted by molar-refractivity contribution is -0.274. The van der Waals surface area contributed by atoms with E-state index in [0.717, 1.165) is 18.4 Å². The number of hydrogen-bond acceptors (Lipinski definition) is 9. The summed E-state index contributed by atoms with van der Waals surface area (Å²) in [5.41, 5.74) is 1.12. The molecule has 3 heterocycles. The molecule has 1 saturated heterocycles. The minimum Gasteiger partial charge on any atom is -0.475 e. The summed E-state index contributed by atoms with van der Waals surface area (Å²) in [6.07, 6.45) is -4.21. The van der Waals surface area contributed by atoms with Crippen LogP contribution >= 0.6 is 0 Å². The summed E-state index contributed by atoms with van der Waals surface area (Å²) in [4.78, 5) is 23.1. The summed E-state index contributed by atoms with van der Waals surface area (Å²) in [6.45, 7) is 1.13. The molecule has 2 aromatic heterocycles. The predicted octanol–water partition coefficient (Wildman–Crippen LogP) is 2.90. The number of amides is 1. The molecule has 2 atom stereocenters. The van der Waals surface area contributed by atoms with Crippen molar-refractivity contribution >= 4 is 11.9 Å². The number of carbonyl (C=O) groups excluding carboxylic acids is 1. The van der Waals surface area contributed by atoms with Crippen LogP contribution in [0.15, 0.2) is 35.0 Å². The zero-order chi connectivity index (χ0) is 29.1. The normalized spacial score (nSPS) is 19.1. The van der Waals surface area contributed by atoms with E-state index in [1.165, 1.54) is 12.1 Å². The molecule has 0 spiro atoms. The fourth-order valence-electron chi connectivity index (χ4n) is 3.94. The number of rotatable bonds is 7. The van der Waals surface area contributed by atoms with Crippen LogP contribution in [0.3, 0.4) is 0 Å². The summed E-state index contributed by atoms with van der Waals surface area (Å²) >= 11 is 0. The van der Waals surface area contributed by atoms with Crippen molar-refractivity contribution < 1.29 is 50.2 Å². The molecule has 2 fully saturated rings. The molecule has 3 N–H and O–H groups in total. The van der Waals surface area contributed by atoms with Crippen molar-refractivity contribution in [2.75, 3.05) is 6.54 Å². The van der Waals surface area contributed by atoms with Gasteiger partial charge in [-0.25, -0.2) is 4.79 Å². The van der Waals surface area contributed by atoms with Gasteiger partial charge in [-0.1, -0.05) is 6.07 Å². The van der Waals surface area contributed by atoms with Crippen molar-refractivity contribution in [3.05, 3.63) is 42.0 Å². The van der Waals surface area contributed by atoms with E-state index in [1.54, 1.807) is 23.3 Å². The molecule has 12 nitrogen and oxygen atoms in total. The van der Waals surface area contributed by atoms with Crippen LogP contribution in [-0.2, 0) is 11.3 Å². The van der Waals surface area contributed by atoms with Crippen LogP contribution in [0.4, 0.5) is 26.3 Å². The van der Waals surface area contributed by atoms with E-state index in [4.69, 9.17) is 14.3 Å². The third-order valence-corrected chi connectivity index (χ3v) is 5.78. The predicted molar refractivity (Wildman–Crippen MR) is 120 cm³/mol. The van der Waals surface area contributed by atoms with Crippen molar-refractivity contribution in [3.8, 4) is 17.2 Å². The average molecular weight is 577 g/mol. The average Bonchev–Trinajstić information content (AvgIpc) is 3.23. The van der Waals surface area contributed by atoms with Crippen LogP contribution in [0.2, 0.25) is 0 Å². The van der Waals surface area contributed by atoms with Crippen molar-refractivity contribution in [2.45, 2.75) is 56.3 Å². The Morgan fingerprint density at radius 2 is 1.80 bits per heavy atom. The van der Waals surface area contributed by atoms with Gasteiger partial charge in [0.15, 0.2) is 0 Å². The second-order valence-electron chi connectivity index (χ2n) is 8.88. The second-order valence-corrected chi connectivity index (χ2v) is 8.88. The molecule has 1 aliphatic carbocycles. The number of alkyl halides is 6. The first-order chi connectivity index (χ1) is 18.8. The lowest BCUT2D eigenvalue weighted by Gasteiger charge is -2.12. The number of nitrogens with one attached hydrogen (secondary N) is 2. The van der Waals surface area contributed by atoms with Gasteiger partial charge in [-0.3, -0.25) is 4.79 Å². The molecular weight excluding hydrogens is 556 g/mol. The zero-order valence-corrected chi connectivity index (χ0v) is 20.2. The molecule has 1 amide bonds. The second kappa shape index (κ2) is 11.5. The quantitative estimate of drug-likeness (QED) is 0.357. The number of halogens is 6. The van der Waals surface area contributed by atoms with Crippen LogP contribution < -0.4 is 15.4 Å². The maximum absolute atomic E-state index is 12.6. The molecule has 40 heavy (non-hydrogen) atoms. The highest BCUT2D eigenvalue weighted by Crippen LogP contribution is 2.45. The van der Waals surface area contributed by atoms with Crippen molar-refractivity contribution in [2.24, 2.45) is 0 Å². The molecule has 3 aromatic rings. The Balaban J connectivity index is 0.000000470. The SMILES string of the molecule is O=C(N[C@H]1CN[C@H](Cn2nccn2)C1)c1nnc(-c2cc(OC(F)(F)F)ccc2C2CC2)o1.O=C(O)C(F)(F)F. The molecule has 18 heteroatoms. The molecule has 0 radical (unpaired) electrons. The minimum absolute atomic E-state index is 0.0261. The monoisotopic (exact) mass is 577 g/mol. The number of hydrogen-bond donors (Lipinski definition) is 3. The van der Waals surface area contributed by atoms with Gasteiger partial charge in [0.05, 0.1) is 18.9 Å². The summed E-state index contributed by atoms with van der Waals surface area (Å²) in [5, 5.41) is 29.1.